The van der Waals surface area contributed by atoms with E-state index in [1.54, 1.807) is 19.1 Å². The molecule has 1 amide bonds. The fraction of sp³-hybridized carbons (Fsp3) is 0.391. The van der Waals surface area contributed by atoms with Crippen LogP contribution in [0.1, 0.15) is 35.1 Å². The molecule has 0 bridgehead atoms. The predicted molar refractivity (Wildman–Crippen MR) is 112 cm³/mol. The van der Waals surface area contributed by atoms with Crippen LogP contribution in [-0.4, -0.2) is 30.1 Å². The second kappa shape index (κ2) is 6.05. The number of carbonyl (C=O) groups excluding carboxylic acids is 1. The second-order valence-corrected chi connectivity index (χ2v) is 8.68. The summed E-state index contributed by atoms with van der Waals surface area (Å²) in [7, 11) is 3.45. The van der Waals surface area contributed by atoms with Crippen molar-refractivity contribution < 1.29 is 9.53 Å². The predicted octanol–water partition coefficient (Wildman–Crippen LogP) is 3.36. The topological polar surface area (TPSA) is 41.6 Å². The van der Waals surface area contributed by atoms with Gasteiger partial charge in [0.05, 0.1) is 7.11 Å². The molecular weight excluding hydrogens is 368 g/mol. The fourth-order valence-electron chi connectivity index (χ4n) is 5.62. The maximum atomic E-state index is 13.7. The SMILES string of the molecule is COc1ccc2c(c1)C1(NC(=S)N(C)C1=O)C1(CCc3ccccc3CC1)C2. The van der Waals surface area contributed by atoms with Gasteiger partial charge in [-0.15, -0.1) is 0 Å². The van der Waals surface area contributed by atoms with Gasteiger partial charge in [-0.1, -0.05) is 30.3 Å². The van der Waals surface area contributed by atoms with Crippen LogP contribution in [0.15, 0.2) is 42.5 Å². The summed E-state index contributed by atoms with van der Waals surface area (Å²) < 4.78 is 5.50. The minimum absolute atomic E-state index is 0.0652. The van der Waals surface area contributed by atoms with Crippen molar-refractivity contribution in [2.45, 2.75) is 37.6 Å². The Kier molecular flexibility index (Phi) is 3.82. The Morgan fingerprint density at radius 3 is 2.32 bits per heavy atom. The van der Waals surface area contributed by atoms with Crippen molar-refractivity contribution in [3.05, 3.63) is 64.7 Å². The molecule has 1 fully saturated rings. The van der Waals surface area contributed by atoms with Crippen LogP contribution in [0.2, 0.25) is 0 Å². The highest BCUT2D eigenvalue weighted by atomic mass is 32.1. The molecule has 2 aromatic rings. The first kappa shape index (κ1) is 17.7. The highest BCUT2D eigenvalue weighted by Gasteiger charge is 2.66. The lowest BCUT2D eigenvalue weighted by Crippen LogP contribution is -2.55. The number of fused-ring (bicyclic) bond motifs is 4. The summed E-state index contributed by atoms with van der Waals surface area (Å²) in [6.45, 7) is 0. The third kappa shape index (κ3) is 2.17. The molecule has 1 heterocycles. The van der Waals surface area contributed by atoms with Crippen LogP contribution >= 0.6 is 12.2 Å². The number of thiocarbonyl (C=S) groups is 1. The first-order chi connectivity index (χ1) is 13.5. The highest BCUT2D eigenvalue weighted by molar-refractivity contribution is 7.80. The van der Waals surface area contributed by atoms with Crippen molar-refractivity contribution in [3.63, 3.8) is 0 Å². The molecule has 5 heteroatoms. The van der Waals surface area contributed by atoms with Gasteiger partial charge in [-0.3, -0.25) is 9.69 Å². The Labute approximate surface area is 170 Å². The maximum absolute atomic E-state index is 13.7. The number of rotatable bonds is 1. The number of ether oxygens (including phenoxy) is 1. The van der Waals surface area contributed by atoms with Crippen LogP contribution in [-0.2, 0) is 29.6 Å². The normalized spacial score (nSPS) is 24.9. The van der Waals surface area contributed by atoms with E-state index >= 15 is 0 Å². The number of hydrogen-bond donors (Lipinski definition) is 1. The number of benzene rings is 2. The second-order valence-electron chi connectivity index (χ2n) is 8.29. The number of carbonyl (C=O) groups is 1. The summed E-state index contributed by atoms with van der Waals surface area (Å²) in [5.41, 5.74) is 4.08. The summed E-state index contributed by atoms with van der Waals surface area (Å²) in [4.78, 5) is 15.3. The smallest absolute Gasteiger partial charge is 0.259 e. The molecular formula is C23H24N2O2S. The summed E-state index contributed by atoms with van der Waals surface area (Å²) in [6.07, 6.45) is 4.75. The third-order valence-electron chi connectivity index (χ3n) is 7.13. The fourth-order valence-corrected chi connectivity index (χ4v) is 5.86. The van der Waals surface area contributed by atoms with Crippen LogP contribution < -0.4 is 10.1 Å². The standard InChI is InChI=1S/C23H24N2O2S/c1-25-20(26)23(24-21(25)28)19-13-18(27-2)8-7-17(19)14-22(23)11-9-15-5-3-4-6-16(15)10-12-22/h3-8,13H,9-12,14H2,1-2H3,(H,24,28). The molecule has 4 nitrogen and oxygen atoms in total. The monoisotopic (exact) mass is 392 g/mol. The van der Waals surface area contributed by atoms with Gasteiger partial charge in [-0.05, 0) is 78.7 Å². The number of amides is 1. The van der Waals surface area contributed by atoms with Gasteiger partial charge in [0.1, 0.15) is 5.75 Å². The van der Waals surface area contributed by atoms with Crippen molar-refractivity contribution in [1.29, 1.82) is 0 Å². The molecule has 28 heavy (non-hydrogen) atoms. The lowest BCUT2D eigenvalue weighted by Gasteiger charge is -2.42. The molecule has 5 rings (SSSR count). The number of methoxy groups -OCH3 is 1. The lowest BCUT2D eigenvalue weighted by molar-refractivity contribution is -0.135. The van der Waals surface area contributed by atoms with Crippen LogP contribution in [0.4, 0.5) is 0 Å². The van der Waals surface area contributed by atoms with Crippen LogP contribution in [0, 0.1) is 5.41 Å². The Balaban J connectivity index is 1.68. The molecule has 2 aliphatic carbocycles. The zero-order chi connectivity index (χ0) is 19.5. The summed E-state index contributed by atoms with van der Waals surface area (Å²) in [5.74, 6) is 0.845. The van der Waals surface area contributed by atoms with Crippen molar-refractivity contribution in [1.82, 2.24) is 10.2 Å². The molecule has 1 atom stereocenters. The van der Waals surface area contributed by atoms with E-state index < -0.39 is 5.54 Å². The van der Waals surface area contributed by atoms with Gasteiger partial charge < -0.3 is 10.1 Å². The molecule has 1 aliphatic heterocycles. The molecule has 1 unspecified atom stereocenters. The molecule has 2 spiro atoms. The molecule has 0 aromatic heterocycles. The minimum atomic E-state index is -0.801. The van der Waals surface area contributed by atoms with Crippen molar-refractivity contribution in [2.75, 3.05) is 14.2 Å². The number of hydrogen-bond acceptors (Lipinski definition) is 3. The van der Waals surface area contributed by atoms with E-state index in [4.69, 9.17) is 17.0 Å². The maximum Gasteiger partial charge on any atom is 0.259 e. The summed E-state index contributed by atoms with van der Waals surface area (Å²) in [5, 5.41) is 4.02. The van der Waals surface area contributed by atoms with Crippen LogP contribution in [0.3, 0.4) is 0 Å². The highest BCUT2D eigenvalue weighted by Crippen LogP contribution is 2.59. The van der Waals surface area contributed by atoms with E-state index in [2.05, 4.69) is 35.6 Å². The van der Waals surface area contributed by atoms with Gasteiger partial charge in [0.15, 0.2) is 10.7 Å². The third-order valence-corrected chi connectivity index (χ3v) is 7.51. The van der Waals surface area contributed by atoms with Gasteiger partial charge >= 0.3 is 0 Å². The first-order valence-electron chi connectivity index (χ1n) is 9.85. The quantitative estimate of drug-likeness (QED) is 0.756. The van der Waals surface area contributed by atoms with Crippen molar-refractivity contribution in [3.8, 4) is 5.75 Å². The van der Waals surface area contributed by atoms with E-state index in [0.717, 1.165) is 43.4 Å². The number of likely N-dealkylation sites (N-methyl/N-ethyl adjacent to an activating group) is 1. The zero-order valence-electron chi connectivity index (χ0n) is 16.2. The lowest BCUT2D eigenvalue weighted by atomic mass is 9.65. The molecule has 1 N–H and O–H groups in total. The largest absolute Gasteiger partial charge is 0.497 e. The van der Waals surface area contributed by atoms with Crippen molar-refractivity contribution in [2.24, 2.45) is 5.41 Å². The van der Waals surface area contributed by atoms with Gasteiger partial charge in [0.25, 0.3) is 5.91 Å². The van der Waals surface area contributed by atoms with Gasteiger partial charge in [-0.25, -0.2) is 0 Å². The first-order valence-corrected chi connectivity index (χ1v) is 10.3. The molecule has 3 aliphatic rings. The molecule has 144 valence electrons. The van der Waals surface area contributed by atoms with Crippen LogP contribution in [0.25, 0.3) is 0 Å². The van der Waals surface area contributed by atoms with Gasteiger partial charge in [0, 0.05) is 12.5 Å². The molecule has 2 aromatic carbocycles. The summed E-state index contributed by atoms with van der Waals surface area (Å²) in [6, 6.07) is 14.8. The Hall–Kier alpha value is -2.40. The van der Waals surface area contributed by atoms with E-state index in [-0.39, 0.29) is 11.3 Å². The zero-order valence-corrected chi connectivity index (χ0v) is 17.1. The number of aryl methyl sites for hydroxylation is 2. The number of nitrogens with zero attached hydrogens (tertiary/aromatic N) is 1. The van der Waals surface area contributed by atoms with Gasteiger partial charge in [-0.2, -0.15) is 0 Å². The molecule has 1 saturated heterocycles. The number of nitrogens with one attached hydrogen (secondary N) is 1. The van der Waals surface area contributed by atoms with Gasteiger partial charge in [0.2, 0.25) is 0 Å². The average Bonchev–Trinajstić information content (AvgIpc) is 3.01. The summed E-state index contributed by atoms with van der Waals surface area (Å²) >= 11 is 5.54. The molecule has 0 saturated carbocycles. The van der Waals surface area contributed by atoms with E-state index in [1.807, 2.05) is 12.1 Å². The van der Waals surface area contributed by atoms with E-state index in [1.165, 1.54) is 16.7 Å². The Morgan fingerprint density at radius 1 is 1.07 bits per heavy atom. The average molecular weight is 393 g/mol. The van der Waals surface area contributed by atoms with E-state index in [9.17, 15) is 4.79 Å². The van der Waals surface area contributed by atoms with Crippen LogP contribution in [0.5, 0.6) is 5.75 Å². The molecule has 0 radical (unpaired) electrons. The van der Waals surface area contributed by atoms with E-state index in [0.29, 0.717) is 5.11 Å². The van der Waals surface area contributed by atoms with Crippen molar-refractivity contribution >= 4 is 23.2 Å². The Bertz CT molecular complexity index is 975. The Morgan fingerprint density at radius 2 is 1.75 bits per heavy atom. The minimum Gasteiger partial charge on any atom is -0.497 e.